The third-order valence-corrected chi connectivity index (χ3v) is 5.41. The molecular formula is C16H21ClO. The minimum absolute atomic E-state index is 0.394. The summed E-state index contributed by atoms with van der Waals surface area (Å²) in [5.74, 6) is 3.23. The zero-order chi connectivity index (χ0) is 12.5. The first-order valence-corrected chi connectivity index (χ1v) is 7.55. The van der Waals surface area contributed by atoms with Crippen molar-refractivity contribution in [2.24, 2.45) is 11.8 Å². The Balaban J connectivity index is 1.75. The van der Waals surface area contributed by atoms with Crippen molar-refractivity contribution in [3.63, 3.8) is 0 Å². The Hall–Kier alpha value is -0.690. The van der Waals surface area contributed by atoms with E-state index in [0.29, 0.717) is 17.2 Å². The molecule has 2 heteroatoms. The molecule has 1 aliphatic carbocycles. The van der Waals surface area contributed by atoms with Gasteiger partial charge in [-0.3, -0.25) is 0 Å². The lowest BCUT2D eigenvalue weighted by Crippen LogP contribution is -2.19. The molecule has 3 rings (SSSR count). The van der Waals surface area contributed by atoms with Gasteiger partial charge in [0, 0.05) is 5.38 Å². The van der Waals surface area contributed by atoms with Crippen molar-refractivity contribution in [1.29, 1.82) is 0 Å². The topological polar surface area (TPSA) is 9.23 Å². The van der Waals surface area contributed by atoms with E-state index in [1.165, 1.54) is 24.8 Å². The monoisotopic (exact) mass is 264 g/mol. The van der Waals surface area contributed by atoms with E-state index in [1.54, 1.807) is 0 Å². The van der Waals surface area contributed by atoms with Crippen LogP contribution in [0.2, 0.25) is 0 Å². The largest absolute Gasteiger partial charge is 0.493 e. The zero-order valence-electron chi connectivity index (χ0n) is 10.9. The predicted octanol–water partition coefficient (Wildman–Crippen LogP) is 4.60. The third kappa shape index (κ3) is 2.25. The molecule has 0 spiro atoms. The lowest BCUT2D eigenvalue weighted by atomic mass is 9.81. The van der Waals surface area contributed by atoms with Gasteiger partial charge in [0.15, 0.2) is 0 Å². The van der Waals surface area contributed by atoms with Gasteiger partial charge in [-0.2, -0.15) is 0 Å². The van der Waals surface area contributed by atoms with Crippen LogP contribution < -0.4 is 4.74 Å². The summed E-state index contributed by atoms with van der Waals surface area (Å²) in [5.41, 5.74) is 1.41. The van der Waals surface area contributed by atoms with Crippen molar-refractivity contribution >= 4 is 11.6 Å². The van der Waals surface area contributed by atoms with Crippen molar-refractivity contribution in [3.8, 4) is 5.75 Å². The zero-order valence-corrected chi connectivity index (χ0v) is 11.7. The number of hydrogen-bond donors (Lipinski definition) is 0. The summed E-state index contributed by atoms with van der Waals surface area (Å²) in [7, 11) is 0. The molecule has 2 aliphatic rings. The quantitative estimate of drug-likeness (QED) is 0.710. The fraction of sp³-hybridized carbons (Fsp3) is 0.625. The molecule has 1 saturated carbocycles. The maximum absolute atomic E-state index is 6.35. The second-order valence-corrected chi connectivity index (χ2v) is 6.38. The van der Waals surface area contributed by atoms with E-state index < -0.39 is 0 Å². The maximum Gasteiger partial charge on any atom is 0.122 e. The Labute approximate surface area is 114 Å². The van der Waals surface area contributed by atoms with Crippen LogP contribution >= 0.6 is 11.6 Å². The Morgan fingerprint density at radius 3 is 2.83 bits per heavy atom. The first-order chi connectivity index (χ1) is 8.75. The highest BCUT2D eigenvalue weighted by molar-refractivity contribution is 6.20. The van der Waals surface area contributed by atoms with Crippen molar-refractivity contribution in [1.82, 2.24) is 0 Å². The summed E-state index contributed by atoms with van der Waals surface area (Å²) in [6.45, 7) is 3.19. The molecule has 1 nitrogen and oxygen atoms in total. The van der Waals surface area contributed by atoms with Crippen LogP contribution in [0.25, 0.3) is 0 Å². The van der Waals surface area contributed by atoms with Crippen molar-refractivity contribution in [3.05, 3.63) is 29.8 Å². The van der Waals surface area contributed by atoms with E-state index >= 15 is 0 Å². The number of fused-ring (bicyclic) bond motifs is 1. The number of halogens is 1. The molecule has 1 fully saturated rings. The summed E-state index contributed by atoms with van der Waals surface area (Å²) >= 11 is 6.35. The first kappa shape index (κ1) is 12.3. The van der Waals surface area contributed by atoms with Crippen molar-refractivity contribution in [2.75, 3.05) is 6.61 Å². The minimum atomic E-state index is 0.394. The summed E-state index contributed by atoms with van der Waals surface area (Å²) in [6.07, 6.45) is 4.94. The Morgan fingerprint density at radius 1 is 1.22 bits per heavy atom. The van der Waals surface area contributed by atoms with Gasteiger partial charge in [0.05, 0.1) is 6.61 Å². The smallest absolute Gasteiger partial charge is 0.122 e. The second kappa shape index (κ2) is 5.13. The van der Waals surface area contributed by atoms with Gasteiger partial charge in [0.1, 0.15) is 5.75 Å². The lowest BCUT2D eigenvalue weighted by Gasteiger charge is -2.29. The number of alkyl halides is 1. The minimum Gasteiger partial charge on any atom is -0.493 e. The molecule has 1 heterocycles. The summed E-state index contributed by atoms with van der Waals surface area (Å²) < 4.78 is 5.74. The molecule has 18 heavy (non-hydrogen) atoms. The highest BCUT2D eigenvalue weighted by Crippen LogP contribution is 2.44. The van der Waals surface area contributed by atoms with E-state index in [4.69, 9.17) is 16.3 Å². The van der Waals surface area contributed by atoms with Crippen molar-refractivity contribution < 1.29 is 4.74 Å². The van der Waals surface area contributed by atoms with Gasteiger partial charge >= 0.3 is 0 Å². The van der Waals surface area contributed by atoms with Crippen LogP contribution in [0.3, 0.4) is 0 Å². The molecule has 4 unspecified atom stereocenters. The van der Waals surface area contributed by atoms with E-state index in [-0.39, 0.29) is 0 Å². The van der Waals surface area contributed by atoms with Crippen LogP contribution in [0.1, 0.15) is 44.1 Å². The van der Waals surface area contributed by atoms with Crippen molar-refractivity contribution in [2.45, 2.75) is 43.9 Å². The Bertz CT molecular complexity index is 417. The highest BCUT2D eigenvalue weighted by atomic mass is 35.5. The van der Waals surface area contributed by atoms with Gasteiger partial charge in [-0.1, -0.05) is 25.1 Å². The molecule has 0 N–H and O–H groups in total. The average Bonchev–Trinajstić information content (AvgIpc) is 2.71. The molecule has 1 aromatic rings. The number of rotatable bonds is 2. The summed E-state index contributed by atoms with van der Waals surface area (Å²) in [6, 6.07) is 8.53. The molecule has 0 radical (unpaired) electrons. The van der Waals surface area contributed by atoms with Crippen LogP contribution in [-0.4, -0.2) is 12.0 Å². The van der Waals surface area contributed by atoms with E-state index in [0.717, 1.165) is 24.7 Å². The SMILES string of the molecule is CC1C(Cl)CCC1CC1CCOc2ccccc21. The highest BCUT2D eigenvalue weighted by Gasteiger charge is 2.34. The summed E-state index contributed by atoms with van der Waals surface area (Å²) in [5, 5.41) is 0.394. The van der Waals surface area contributed by atoms with E-state index in [2.05, 4.69) is 31.2 Å². The molecule has 1 aliphatic heterocycles. The van der Waals surface area contributed by atoms with Crippen LogP contribution in [0.5, 0.6) is 5.75 Å². The molecule has 4 atom stereocenters. The van der Waals surface area contributed by atoms with Crippen LogP contribution in [0.4, 0.5) is 0 Å². The van der Waals surface area contributed by atoms with Gasteiger partial charge in [0.25, 0.3) is 0 Å². The standard InChI is InChI=1S/C16H21ClO/c1-11-12(6-7-15(11)17)10-13-8-9-18-16-5-3-2-4-14(13)16/h2-5,11-13,15H,6-10H2,1H3. The lowest BCUT2D eigenvalue weighted by molar-refractivity contribution is 0.243. The van der Waals surface area contributed by atoms with Gasteiger partial charge < -0.3 is 4.74 Å². The maximum atomic E-state index is 6.35. The predicted molar refractivity (Wildman–Crippen MR) is 75.4 cm³/mol. The molecule has 1 aromatic carbocycles. The van der Waals surface area contributed by atoms with Gasteiger partial charge in [0.2, 0.25) is 0 Å². The Morgan fingerprint density at radius 2 is 2.06 bits per heavy atom. The fourth-order valence-corrected chi connectivity index (χ4v) is 3.88. The van der Waals surface area contributed by atoms with Crippen LogP contribution in [0.15, 0.2) is 24.3 Å². The molecular weight excluding hydrogens is 244 g/mol. The molecule has 0 bridgehead atoms. The van der Waals surface area contributed by atoms with Gasteiger partial charge in [-0.15, -0.1) is 11.6 Å². The summed E-state index contributed by atoms with van der Waals surface area (Å²) in [4.78, 5) is 0. The Kier molecular flexibility index (Phi) is 3.52. The molecule has 0 saturated heterocycles. The first-order valence-electron chi connectivity index (χ1n) is 7.11. The average molecular weight is 265 g/mol. The number of benzene rings is 1. The van der Waals surface area contributed by atoms with Crippen LogP contribution in [-0.2, 0) is 0 Å². The normalized spacial score (nSPS) is 35.0. The number of hydrogen-bond acceptors (Lipinski definition) is 1. The number of para-hydroxylation sites is 1. The fourth-order valence-electron chi connectivity index (χ4n) is 3.55. The second-order valence-electron chi connectivity index (χ2n) is 5.82. The molecule has 0 amide bonds. The van der Waals surface area contributed by atoms with Gasteiger partial charge in [-0.05, 0) is 55.1 Å². The van der Waals surface area contributed by atoms with E-state index in [9.17, 15) is 0 Å². The third-order valence-electron chi connectivity index (χ3n) is 4.80. The van der Waals surface area contributed by atoms with Crippen LogP contribution in [0, 0.1) is 11.8 Å². The number of ether oxygens (including phenoxy) is 1. The molecule has 98 valence electrons. The van der Waals surface area contributed by atoms with E-state index in [1.807, 2.05) is 0 Å². The van der Waals surface area contributed by atoms with Gasteiger partial charge in [-0.25, -0.2) is 0 Å². The molecule has 0 aromatic heterocycles.